The van der Waals surface area contributed by atoms with Gasteiger partial charge in [0, 0.05) is 14.1 Å². The highest BCUT2D eigenvalue weighted by Gasteiger charge is 2.24. The minimum atomic E-state index is -0.620. The molecule has 8 heteroatoms. The van der Waals surface area contributed by atoms with Gasteiger partial charge in [0.15, 0.2) is 5.56 Å². The zero-order valence-electron chi connectivity index (χ0n) is 15.1. The fourth-order valence-electron chi connectivity index (χ4n) is 2.93. The van der Waals surface area contributed by atoms with Gasteiger partial charge >= 0.3 is 5.69 Å². The number of aromatic nitrogens is 4. The van der Waals surface area contributed by atoms with Crippen LogP contribution in [0.4, 0.5) is 5.82 Å². The molecule has 0 unspecified atom stereocenters. The summed E-state index contributed by atoms with van der Waals surface area (Å²) in [6.07, 6.45) is 0. The second-order valence-electron chi connectivity index (χ2n) is 6.55. The Labute approximate surface area is 149 Å². The average molecular weight is 352 g/mol. The quantitative estimate of drug-likeness (QED) is 0.742. The molecule has 26 heavy (non-hydrogen) atoms. The number of rotatable bonds is 4. The van der Waals surface area contributed by atoms with Gasteiger partial charge < -0.3 is 10.3 Å². The number of benzene rings is 1. The fraction of sp³-hybridized carbons (Fsp3) is 0.333. The summed E-state index contributed by atoms with van der Waals surface area (Å²) in [6, 6.07) is 9.25. The lowest BCUT2D eigenvalue weighted by molar-refractivity contribution is 0.519. The van der Waals surface area contributed by atoms with Crippen LogP contribution in [-0.4, -0.2) is 19.1 Å². The van der Waals surface area contributed by atoms with Gasteiger partial charge in [0.2, 0.25) is 0 Å². The molecule has 0 aliphatic rings. The summed E-state index contributed by atoms with van der Waals surface area (Å²) in [5, 5.41) is 12.6. The number of nitrogens with one attached hydrogen (secondary N) is 2. The van der Waals surface area contributed by atoms with Crippen LogP contribution >= 0.6 is 0 Å². The first-order chi connectivity index (χ1) is 12.3. The van der Waals surface area contributed by atoms with E-state index < -0.39 is 11.2 Å². The maximum atomic E-state index is 12.3. The average Bonchev–Trinajstić information content (AvgIpc) is 3.05. The maximum Gasteiger partial charge on any atom is 0.332 e. The van der Waals surface area contributed by atoms with Crippen LogP contribution in [0.5, 0.6) is 0 Å². The first-order valence-corrected chi connectivity index (χ1v) is 8.26. The highest BCUT2D eigenvalue weighted by Crippen LogP contribution is 2.26. The SMILES string of the molecule is CC(C)[C@@H](Nc1c(C#N)c(=O)n(C)c(=O)n1C)c1nc2ccccc2[nH]1. The van der Waals surface area contributed by atoms with Gasteiger partial charge in [0.25, 0.3) is 5.56 Å². The normalized spacial score (nSPS) is 12.3. The standard InChI is InChI=1S/C18H20N6O2/c1-10(2)14(15-20-12-7-5-6-8-13(12)21-15)22-16-11(9-19)17(25)24(4)18(26)23(16)3/h5-8,10,14,22H,1-4H3,(H,20,21)/t14-/m1/s1. The van der Waals surface area contributed by atoms with Gasteiger partial charge in [-0.2, -0.15) is 5.26 Å². The van der Waals surface area contributed by atoms with Crippen molar-refractivity contribution >= 4 is 16.9 Å². The van der Waals surface area contributed by atoms with Crippen LogP contribution in [0, 0.1) is 17.2 Å². The van der Waals surface area contributed by atoms with Gasteiger partial charge in [-0.25, -0.2) is 9.78 Å². The van der Waals surface area contributed by atoms with Gasteiger partial charge in [-0.05, 0) is 18.1 Å². The third-order valence-electron chi connectivity index (χ3n) is 4.44. The molecule has 2 heterocycles. The summed E-state index contributed by atoms with van der Waals surface area (Å²) in [6.45, 7) is 3.99. The van der Waals surface area contributed by atoms with Crippen molar-refractivity contribution in [3.05, 3.63) is 56.5 Å². The topological polar surface area (TPSA) is 108 Å². The number of hydrogen-bond donors (Lipinski definition) is 2. The van der Waals surface area contributed by atoms with E-state index in [0.29, 0.717) is 5.82 Å². The number of anilines is 1. The van der Waals surface area contributed by atoms with Crippen molar-refractivity contribution in [1.29, 1.82) is 5.26 Å². The zero-order chi connectivity index (χ0) is 19.0. The van der Waals surface area contributed by atoms with E-state index in [-0.39, 0.29) is 23.3 Å². The fourth-order valence-corrected chi connectivity index (χ4v) is 2.93. The Hall–Kier alpha value is -3.34. The van der Waals surface area contributed by atoms with E-state index in [0.717, 1.165) is 15.6 Å². The molecular weight excluding hydrogens is 332 g/mol. The summed E-state index contributed by atoms with van der Waals surface area (Å²) in [7, 11) is 2.88. The molecule has 0 aliphatic carbocycles. The molecule has 8 nitrogen and oxygen atoms in total. The molecule has 0 spiro atoms. The molecule has 2 aromatic heterocycles. The van der Waals surface area contributed by atoms with Crippen LogP contribution in [0.15, 0.2) is 33.9 Å². The number of aromatic amines is 1. The molecule has 3 rings (SSSR count). The van der Waals surface area contributed by atoms with E-state index in [1.165, 1.54) is 18.7 Å². The van der Waals surface area contributed by atoms with E-state index in [1.807, 2.05) is 44.2 Å². The van der Waals surface area contributed by atoms with Gasteiger partial charge in [0.05, 0.1) is 17.1 Å². The molecule has 0 fully saturated rings. The number of nitriles is 1. The second kappa shape index (κ2) is 6.52. The molecule has 0 saturated heterocycles. The zero-order valence-corrected chi connectivity index (χ0v) is 15.1. The predicted octanol–water partition coefficient (Wildman–Crippen LogP) is 1.64. The first kappa shape index (κ1) is 17.5. The summed E-state index contributed by atoms with van der Waals surface area (Å²) < 4.78 is 2.20. The summed E-state index contributed by atoms with van der Waals surface area (Å²) >= 11 is 0. The lowest BCUT2D eigenvalue weighted by Crippen LogP contribution is -2.40. The van der Waals surface area contributed by atoms with Crippen molar-refractivity contribution in [2.45, 2.75) is 19.9 Å². The predicted molar refractivity (Wildman–Crippen MR) is 98.9 cm³/mol. The van der Waals surface area contributed by atoms with E-state index >= 15 is 0 Å². The molecule has 0 bridgehead atoms. The van der Waals surface area contributed by atoms with E-state index in [4.69, 9.17) is 0 Å². The Morgan fingerprint density at radius 3 is 2.50 bits per heavy atom. The van der Waals surface area contributed by atoms with Gasteiger partial charge in [-0.15, -0.1) is 0 Å². The molecule has 1 atom stereocenters. The van der Waals surface area contributed by atoms with Crippen LogP contribution in [0.3, 0.4) is 0 Å². The van der Waals surface area contributed by atoms with Gasteiger partial charge in [-0.1, -0.05) is 26.0 Å². The number of nitrogens with zero attached hydrogens (tertiary/aromatic N) is 4. The summed E-state index contributed by atoms with van der Waals surface area (Å²) in [4.78, 5) is 32.4. The van der Waals surface area contributed by atoms with Crippen molar-refractivity contribution in [3.8, 4) is 6.07 Å². The number of hydrogen-bond acceptors (Lipinski definition) is 5. The highest BCUT2D eigenvalue weighted by molar-refractivity contribution is 5.75. The van der Waals surface area contributed by atoms with E-state index in [2.05, 4.69) is 15.3 Å². The third kappa shape index (κ3) is 2.77. The van der Waals surface area contributed by atoms with E-state index in [9.17, 15) is 14.9 Å². The number of imidazole rings is 1. The van der Waals surface area contributed by atoms with Crippen molar-refractivity contribution in [2.75, 3.05) is 5.32 Å². The highest BCUT2D eigenvalue weighted by atomic mass is 16.2. The molecule has 1 aromatic carbocycles. The smallest absolute Gasteiger partial charge is 0.332 e. The van der Waals surface area contributed by atoms with Crippen molar-refractivity contribution < 1.29 is 0 Å². The van der Waals surface area contributed by atoms with Crippen LogP contribution < -0.4 is 16.6 Å². The Morgan fingerprint density at radius 2 is 1.88 bits per heavy atom. The molecule has 3 aromatic rings. The molecule has 134 valence electrons. The lowest BCUT2D eigenvalue weighted by Gasteiger charge is -2.23. The molecule has 0 radical (unpaired) electrons. The maximum absolute atomic E-state index is 12.3. The van der Waals surface area contributed by atoms with Crippen molar-refractivity contribution in [2.24, 2.45) is 20.0 Å². The molecule has 0 aliphatic heterocycles. The second-order valence-corrected chi connectivity index (χ2v) is 6.55. The Morgan fingerprint density at radius 1 is 1.19 bits per heavy atom. The first-order valence-electron chi connectivity index (χ1n) is 8.26. The third-order valence-corrected chi connectivity index (χ3v) is 4.44. The van der Waals surface area contributed by atoms with Gasteiger partial charge in [0.1, 0.15) is 17.7 Å². The Bertz CT molecular complexity index is 1100. The largest absolute Gasteiger partial charge is 0.360 e. The van der Waals surface area contributed by atoms with Crippen molar-refractivity contribution in [3.63, 3.8) is 0 Å². The van der Waals surface area contributed by atoms with Crippen LogP contribution in [0.25, 0.3) is 11.0 Å². The number of para-hydroxylation sites is 2. The Balaban J connectivity index is 2.14. The van der Waals surface area contributed by atoms with E-state index in [1.54, 1.807) is 0 Å². The van der Waals surface area contributed by atoms with Gasteiger partial charge in [-0.3, -0.25) is 13.9 Å². The summed E-state index contributed by atoms with van der Waals surface area (Å²) in [5.41, 5.74) is 0.506. The summed E-state index contributed by atoms with van der Waals surface area (Å²) in [5.74, 6) is 0.958. The monoisotopic (exact) mass is 352 g/mol. The van der Waals surface area contributed by atoms with Crippen LogP contribution in [-0.2, 0) is 14.1 Å². The molecular formula is C18H20N6O2. The molecule has 2 N–H and O–H groups in total. The minimum Gasteiger partial charge on any atom is -0.360 e. The lowest BCUT2D eigenvalue weighted by atomic mass is 10.0. The molecule has 0 amide bonds. The minimum absolute atomic E-state index is 0.0845. The van der Waals surface area contributed by atoms with Crippen LogP contribution in [0.2, 0.25) is 0 Å². The van der Waals surface area contributed by atoms with Crippen LogP contribution in [0.1, 0.15) is 31.3 Å². The molecule has 0 saturated carbocycles. The number of fused-ring (bicyclic) bond motifs is 1. The van der Waals surface area contributed by atoms with Crippen molar-refractivity contribution in [1.82, 2.24) is 19.1 Å². The number of H-pyrrole nitrogens is 1. The Kier molecular flexibility index (Phi) is 4.38.